The SMILES string of the molecule is CCOc1cc2nc(C3CN(CC(F)F)C3)cn2cc1CC(=O)c1ccn(CC(F)F)n1. The van der Waals surface area contributed by atoms with Gasteiger partial charge in [0.1, 0.15) is 23.6 Å². The van der Waals surface area contributed by atoms with E-state index in [0.29, 0.717) is 36.7 Å². The second-order valence-corrected chi connectivity index (χ2v) is 7.75. The summed E-state index contributed by atoms with van der Waals surface area (Å²) in [5.41, 5.74) is 2.15. The van der Waals surface area contributed by atoms with Gasteiger partial charge in [0, 0.05) is 55.6 Å². The highest BCUT2D eigenvalue weighted by Crippen LogP contribution is 2.29. The molecule has 0 spiro atoms. The molecular weight excluding hydrogens is 430 g/mol. The van der Waals surface area contributed by atoms with E-state index < -0.39 is 19.4 Å². The van der Waals surface area contributed by atoms with Crippen LogP contribution in [0.3, 0.4) is 0 Å². The van der Waals surface area contributed by atoms with E-state index in [-0.39, 0.29) is 30.4 Å². The standard InChI is InChI=1S/C21H23F4N5O2/c1-2-32-18-6-21-26-16(14-7-28(8-14)11-19(22)23)10-29(21)9-13(18)5-17(31)15-3-4-30(27-15)12-20(24)25/h3-4,6,9-10,14,19-20H,2,5,7-8,11-12H2,1H3. The third-order valence-corrected chi connectivity index (χ3v) is 5.33. The molecule has 7 nitrogen and oxygen atoms in total. The van der Waals surface area contributed by atoms with Gasteiger partial charge >= 0.3 is 0 Å². The molecule has 0 bridgehead atoms. The minimum absolute atomic E-state index is 0.0178. The summed E-state index contributed by atoms with van der Waals surface area (Å²) in [6.45, 7) is 2.46. The number of alkyl halides is 4. The third-order valence-electron chi connectivity index (χ3n) is 5.33. The van der Waals surface area contributed by atoms with E-state index >= 15 is 0 Å². The summed E-state index contributed by atoms with van der Waals surface area (Å²) in [6, 6.07) is 3.15. The number of rotatable bonds is 10. The van der Waals surface area contributed by atoms with Crippen molar-refractivity contribution in [3.05, 3.63) is 47.7 Å². The second-order valence-electron chi connectivity index (χ2n) is 7.75. The van der Waals surface area contributed by atoms with Gasteiger partial charge < -0.3 is 9.14 Å². The number of aromatic nitrogens is 4. The molecule has 3 aromatic heterocycles. The normalized spacial score (nSPS) is 15.1. The zero-order chi connectivity index (χ0) is 22.8. The van der Waals surface area contributed by atoms with E-state index in [4.69, 9.17) is 4.74 Å². The first-order valence-electron chi connectivity index (χ1n) is 10.3. The van der Waals surface area contributed by atoms with Gasteiger partial charge in [0.2, 0.25) is 0 Å². The van der Waals surface area contributed by atoms with Crippen molar-refractivity contribution in [1.82, 2.24) is 24.1 Å². The van der Waals surface area contributed by atoms with Crippen LogP contribution in [-0.2, 0) is 13.0 Å². The van der Waals surface area contributed by atoms with Gasteiger partial charge in [0.15, 0.2) is 5.78 Å². The number of hydrogen-bond acceptors (Lipinski definition) is 5. The Kier molecular flexibility index (Phi) is 6.45. The average molecular weight is 453 g/mol. The Balaban J connectivity index is 1.52. The van der Waals surface area contributed by atoms with Crippen molar-refractivity contribution in [2.24, 2.45) is 0 Å². The van der Waals surface area contributed by atoms with Gasteiger partial charge in [-0.3, -0.25) is 14.4 Å². The molecule has 0 atom stereocenters. The quantitative estimate of drug-likeness (QED) is 0.348. The predicted molar refractivity (Wildman–Crippen MR) is 108 cm³/mol. The highest BCUT2D eigenvalue weighted by atomic mass is 19.3. The fourth-order valence-electron chi connectivity index (χ4n) is 3.82. The number of ketones is 1. The number of nitrogens with zero attached hydrogens (tertiary/aromatic N) is 5. The maximum atomic E-state index is 12.7. The monoisotopic (exact) mass is 453 g/mol. The summed E-state index contributed by atoms with van der Waals surface area (Å²) in [6.07, 6.45) is 0.00700. The topological polar surface area (TPSA) is 64.7 Å². The van der Waals surface area contributed by atoms with Crippen LogP contribution in [0.1, 0.15) is 34.6 Å². The number of carbonyl (C=O) groups excluding carboxylic acids is 1. The molecular formula is C21H23F4N5O2. The van der Waals surface area contributed by atoms with Crippen molar-refractivity contribution < 1.29 is 27.1 Å². The molecule has 0 aliphatic carbocycles. The summed E-state index contributed by atoms with van der Waals surface area (Å²) in [4.78, 5) is 19.0. The number of imidazole rings is 1. The van der Waals surface area contributed by atoms with Crippen LogP contribution in [0.2, 0.25) is 0 Å². The first-order chi connectivity index (χ1) is 15.3. The van der Waals surface area contributed by atoms with Gasteiger partial charge in [-0.25, -0.2) is 22.5 Å². The molecule has 0 N–H and O–H groups in total. The molecule has 0 aromatic carbocycles. The Hall–Kier alpha value is -2.95. The van der Waals surface area contributed by atoms with Crippen LogP contribution in [0.5, 0.6) is 5.75 Å². The Morgan fingerprint density at radius 3 is 2.62 bits per heavy atom. The molecule has 0 saturated carbocycles. The summed E-state index contributed by atoms with van der Waals surface area (Å²) in [7, 11) is 0. The molecule has 1 fully saturated rings. The van der Waals surface area contributed by atoms with E-state index in [0.717, 1.165) is 10.4 Å². The summed E-state index contributed by atoms with van der Waals surface area (Å²) in [5, 5.41) is 3.93. The van der Waals surface area contributed by atoms with E-state index in [2.05, 4.69) is 10.1 Å². The van der Waals surface area contributed by atoms with Crippen LogP contribution < -0.4 is 4.74 Å². The minimum Gasteiger partial charge on any atom is -0.493 e. The van der Waals surface area contributed by atoms with Crippen molar-refractivity contribution >= 4 is 11.4 Å². The van der Waals surface area contributed by atoms with E-state index in [1.807, 2.05) is 13.1 Å². The molecule has 0 amide bonds. The zero-order valence-electron chi connectivity index (χ0n) is 17.4. The molecule has 11 heteroatoms. The lowest BCUT2D eigenvalue weighted by Gasteiger charge is -2.37. The highest BCUT2D eigenvalue weighted by Gasteiger charge is 2.31. The van der Waals surface area contributed by atoms with E-state index in [1.165, 1.54) is 12.3 Å². The molecule has 1 aliphatic heterocycles. The van der Waals surface area contributed by atoms with Gasteiger partial charge in [0.25, 0.3) is 12.9 Å². The number of pyridine rings is 1. The fourth-order valence-corrected chi connectivity index (χ4v) is 3.82. The number of fused-ring (bicyclic) bond motifs is 1. The Morgan fingerprint density at radius 2 is 1.94 bits per heavy atom. The van der Waals surface area contributed by atoms with Crippen LogP contribution in [0, 0.1) is 0 Å². The third kappa shape index (κ3) is 4.93. The minimum atomic E-state index is -2.56. The lowest BCUT2D eigenvalue weighted by Crippen LogP contribution is -2.47. The molecule has 1 saturated heterocycles. The largest absolute Gasteiger partial charge is 0.493 e. The van der Waals surface area contributed by atoms with Crippen molar-refractivity contribution in [1.29, 1.82) is 0 Å². The second kappa shape index (κ2) is 9.27. The number of halogens is 4. The van der Waals surface area contributed by atoms with Crippen molar-refractivity contribution in [2.45, 2.75) is 38.7 Å². The number of ether oxygens (including phenoxy) is 1. The maximum absolute atomic E-state index is 12.7. The first-order valence-corrected chi connectivity index (χ1v) is 10.3. The van der Waals surface area contributed by atoms with Gasteiger partial charge in [-0.05, 0) is 13.0 Å². The van der Waals surface area contributed by atoms with Crippen molar-refractivity contribution in [2.75, 3.05) is 26.2 Å². The van der Waals surface area contributed by atoms with Crippen LogP contribution in [0.15, 0.2) is 30.7 Å². The predicted octanol–water partition coefficient (Wildman–Crippen LogP) is 3.28. The molecule has 1 aliphatic rings. The molecule has 4 heterocycles. The Labute approximate surface area is 181 Å². The van der Waals surface area contributed by atoms with Crippen LogP contribution in [0.25, 0.3) is 5.65 Å². The fraction of sp³-hybridized carbons (Fsp3) is 0.476. The summed E-state index contributed by atoms with van der Waals surface area (Å²) in [5.74, 6) is 0.263. The highest BCUT2D eigenvalue weighted by molar-refractivity contribution is 5.96. The molecule has 0 unspecified atom stereocenters. The maximum Gasteiger partial charge on any atom is 0.257 e. The number of Topliss-reactive ketones (excluding diaryl/α,β-unsaturated/α-hetero) is 1. The lowest BCUT2D eigenvalue weighted by atomic mass is 9.97. The van der Waals surface area contributed by atoms with Gasteiger partial charge in [-0.2, -0.15) is 5.10 Å². The molecule has 3 aromatic rings. The Bertz CT molecular complexity index is 1090. The number of likely N-dealkylation sites (tertiary alicyclic amines) is 1. The molecule has 4 rings (SSSR count). The lowest BCUT2D eigenvalue weighted by molar-refractivity contribution is 0.0459. The van der Waals surface area contributed by atoms with E-state index in [1.54, 1.807) is 21.6 Å². The van der Waals surface area contributed by atoms with E-state index in [9.17, 15) is 22.4 Å². The van der Waals surface area contributed by atoms with Crippen molar-refractivity contribution in [3.8, 4) is 5.75 Å². The van der Waals surface area contributed by atoms with Crippen LogP contribution in [0.4, 0.5) is 17.6 Å². The summed E-state index contributed by atoms with van der Waals surface area (Å²) >= 11 is 0. The zero-order valence-corrected chi connectivity index (χ0v) is 17.4. The number of carbonyl (C=O) groups is 1. The summed E-state index contributed by atoms with van der Waals surface area (Å²) < 4.78 is 58.6. The van der Waals surface area contributed by atoms with Gasteiger partial charge in [-0.1, -0.05) is 0 Å². The first kappa shape index (κ1) is 22.3. The Morgan fingerprint density at radius 1 is 1.19 bits per heavy atom. The van der Waals surface area contributed by atoms with Gasteiger partial charge in [0.05, 0.1) is 18.8 Å². The molecule has 172 valence electrons. The molecule has 32 heavy (non-hydrogen) atoms. The van der Waals surface area contributed by atoms with Crippen molar-refractivity contribution in [3.63, 3.8) is 0 Å². The smallest absolute Gasteiger partial charge is 0.257 e. The van der Waals surface area contributed by atoms with Crippen LogP contribution in [-0.4, -0.2) is 68.9 Å². The molecule has 0 radical (unpaired) electrons. The van der Waals surface area contributed by atoms with Crippen LogP contribution >= 0.6 is 0 Å². The van der Waals surface area contributed by atoms with Gasteiger partial charge in [-0.15, -0.1) is 0 Å². The number of hydrogen-bond donors (Lipinski definition) is 0. The average Bonchev–Trinajstić information content (AvgIpc) is 3.30.